The lowest BCUT2D eigenvalue weighted by Crippen LogP contribution is -2.26. The topological polar surface area (TPSA) is 80.6 Å². The molecule has 1 fully saturated rings. The fourth-order valence-electron chi connectivity index (χ4n) is 5.99. The minimum Gasteiger partial charge on any atom is -0.479 e. The molecule has 5 rings (SSSR count). The van der Waals surface area contributed by atoms with Crippen LogP contribution in [0.1, 0.15) is 97.2 Å². The van der Waals surface area contributed by atoms with Crippen molar-refractivity contribution < 1.29 is 19.4 Å². The van der Waals surface area contributed by atoms with Crippen LogP contribution in [0.5, 0.6) is 5.75 Å². The molecule has 1 amide bonds. The number of benzene rings is 3. The summed E-state index contributed by atoms with van der Waals surface area (Å²) in [6.45, 7) is 8.80. The monoisotopic (exact) mass is 614 g/mol. The largest absolute Gasteiger partial charge is 0.479 e. The number of aliphatic carboxylic acids is 1. The zero-order valence-corrected chi connectivity index (χ0v) is 26.9. The molecule has 1 aliphatic carbocycles. The molecule has 6 nitrogen and oxygen atoms in total. The lowest BCUT2D eigenvalue weighted by molar-refractivity contribution is -0.144. The van der Waals surface area contributed by atoms with E-state index in [1.807, 2.05) is 31.2 Å². The van der Waals surface area contributed by atoms with Gasteiger partial charge in [0.1, 0.15) is 5.75 Å². The predicted octanol–water partition coefficient (Wildman–Crippen LogP) is 8.68. The van der Waals surface area contributed by atoms with Crippen LogP contribution in [0.3, 0.4) is 0 Å². The summed E-state index contributed by atoms with van der Waals surface area (Å²) < 4.78 is 8.01. The number of nitrogens with zero attached hydrogens (tertiary/aromatic N) is 1. The van der Waals surface area contributed by atoms with Crippen molar-refractivity contribution in [2.24, 2.45) is 5.92 Å². The van der Waals surface area contributed by atoms with Crippen LogP contribution in [0.2, 0.25) is 5.02 Å². The number of hydrogen-bond acceptors (Lipinski definition) is 3. The number of carbonyl (C=O) groups excluding carboxylic acids is 1. The molecule has 232 valence electrons. The van der Waals surface area contributed by atoms with E-state index in [9.17, 15) is 14.7 Å². The van der Waals surface area contributed by atoms with Crippen LogP contribution in [0.25, 0.3) is 10.9 Å². The number of aryl methyl sites for hydroxylation is 1. The Kier molecular flexibility index (Phi) is 10.00. The highest BCUT2D eigenvalue weighted by Crippen LogP contribution is 2.35. The van der Waals surface area contributed by atoms with Crippen molar-refractivity contribution in [3.05, 3.63) is 99.2 Å². The van der Waals surface area contributed by atoms with Gasteiger partial charge in [-0.05, 0) is 105 Å². The quantitative estimate of drug-likeness (QED) is 0.158. The van der Waals surface area contributed by atoms with E-state index in [1.165, 1.54) is 55.8 Å². The predicted molar refractivity (Wildman–Crippen MR) is 177 cm³/mol. The van der Waals surface area contributed by atoms with Gasteiger partial charge in [-0.25, -0.2) is 4.79 Å². The normalized spacial score (nSPS) is 14.7. The minimum atomic E-state index is -1.05. The van der Waals surface area contributed by atoms with Gasteiger partial charge in [0.2, 0.25) is 0 Å². The molecule has 0 aliphatic heterocycles. The van der Waals surface area contributed by atoms with Crippen molar-refractivity contribution in [2.45, 2.75) is 91.3 Å². The highest BCUT2D eigenvalue weighted by Gasteiger charge is 2.23. The minimum absolute atomic E-state index is 0.0860. The summed E-state index contributed by atoms with van der Waals surface area (Å²) in [7, 11) is 0. The van der Waals surface area contributed by atoms with Crippen molar-refractivity contribution in [1.82, 2.24) is 9.88 Å². The van der Waals surface area contributed by atoms with E-state index in [2.05, 4.69) is 54.1 Å². The number of hydrogen-bond donors (Lipinski definition) is 2. The second-order valence-corrected chi connectivity index (χ2v) is 12.7. The molecule has 1 aromatic heterocycles. The summed E-state index contributed by atoms with van der Waals surface area (Å²) in [6, 6.07) is 20.0. The number of carbonyl (C=O) groups is 2. The first-order valence-electron chi connectivity index (χ1n) is 15.8. The molecule has 0 radical (unpaired) electrons. The molecule has 2 atom stereocenters. The van der Waals surface area contributed by atoms with Crippen molar-refractivity contribution in [3.8, 4) is 5.75 Å². The Bertz CT molecular complexity index is 1640. The van der Waals surface area contributed by atoms with Gasteiger partial charge in [0.25, 0.3) is 5.91 Å². The fourth-order valence-corrected chi connectivity index (χ4v) is 6.15. The van der Waals surface area contributed by atoms with Gasteiger partial charge in [-0.15, -0.1) is 0 Å². The third kappa shape index (κ3) is 7.13. The van der Waals surface area contributed by atoms with Crippen LogP contribution in [-0.4, -0.2) is 27.7 Å². The molecule has 1 heterocycles. The van der Waals surface area contributed by atoms with Gasteiger partial charge in [0.15, 0.2) is 6.10 Å². The average Bonchev–Trinajstić information content (AvgIpc) is 3.24. The first-order chi connectivity index (χ1) is 21.1. The van der Waals surface area contributed by atoms with E-state index >= 15 is 0 Å². The number of amides is 1. The van der Waals surface area contributed by atoms with E-state index in [1.54, 1.807) is 6.07 Å². The Morgan fingerprint density at radius 1 is 1.05 bits per heavy atom. The first-order valence-corrected chi connectivity index (χ1v) is 16.2. The van der Waals surface area contributed by atoms with Crippen molar-refractivity contribution in [2.75, 3.05) is 0 Å². The van der Waals surface area contributed by atoms with Gasteiger partial charge in [-0.2, -0.15) is 0 Å². The fraction of sp³-hybridized carbons (Fsp3) is 0.405. The summed E-state index contributed by atoms with van der Waals surface area (Å²) in [5.41, 5.74) is 7.47. The number of nitrogens with one attached hydrogen (secondary N) is 1. The molecule has 0 saturated heterocycles. The first kappa shape index (κ1) is 31.6. The SMILES string of the molecule is CCCCc1ccc([C@H](C)NC(=O)c2ccc3c(Cc4ccc(Cl)c(O[C@@H](C)C(=O)O)c4)c(C)n(CC4CCC4)c3c2)cc1. The third-order valence-corrected chi connectivity index (χ3v) is 9.37. The summed E-state index contributed by atoms with van der Waals surface area (Å²) >= 11 is 6.35. The van der Waals surface area contributed by atoms with Gasteiger partial charge in [0.05, 0.1) is 11.1 Å². The zero-order chi connectivity index (χ0) is 31.4. The number of ether oxygens (including phenoxy) is 1. The Hall–Kier alpha value is -3.77. The number of aromatic nitrogens is 1. The van der Waals surface area contributed by atoms with Gasteiger partial charge >= 0.3 is 5.97 Å². The lowest BCUT2D eigenvalue weighted by atomic mass is 9.85. The van der Waals surface area contributed by atoms with Gasteiger partial charge in [0, 0.05) is 28.7 Å². The van der Waals surface area contributed by atoms with Gasteiger partial charge < -0.3 is 19.7 Å². The van der Waals surface area contributed by atoms with Gasteiger partial charge in [-0.1, -0.05) is 67.8 Å². The summed E-state index contributed by atoms with van der Waals surface area (Å²) in [5, 5.41) is 14.0. The molecular formula is C37H43ClN2O4. The molecule has 0 bridgehead atoms. The Morgan fingerprint density at radius 2 is 1.77 bits per heavy atom. The summed E-state index contributed by atoms with van der Waals surface area (Å²) in [6.07, 6.45) is 6.77. The van der Waals surface area contributed by atoms with Crippen LogP contribution in [0.4, 0.5) is 0 Å². The number of rotatable bonds is 13. The number of carboxylic acids is 1. The molecule has 1 saturated carbocycles. The highest BCUT2D eigenvalue weighted by molar-refractivity contribution is 6.32. The van der Waals surface area contributed by atoms with E-state index in [0.29, 0.717) is 28.7 Å². The second-order valence-electron chi connectivity index (χ2n) is 12.3. The van der Waals surface area contributed by atoms with E-state index < -0.39 is 12.1 Å². The number of carboxylic acid groups (broad SMARTS) is 1. The Balaban J connectivity index is 1.41. The van der Waals surface area contributed by atoms with E-state index in [0.717, 1.165) is 35.0 Å². The standard InChI is InChI=1S/C37H43ClN2O4/c1-5-6-8-26-11-14-29(15-12-26)23(2)39-36(41)30-16-17-31-32(24(3)40(34(31)21-30)22-27-9-7-10-27)19-28-13-18-33(38)35(20-28)44-25(4)37(42)43/h11-18,20-21,23,25,27H,5-10,19,22H2,1-4H3,(H,39,41)(H,42,43)/t23-,25-/m0/s1. The van der Waals surface area contributed by atoms with Crippen LogP contribution in [0, 0.1) is 12.8 Å². The Morgan fingerprint density at radius 3 is 2.43 bits per heavy atom. The van der Waals surface area contributed by atoms with Crippen LogP contribution in [-0.2, 0) is 24.2 Å². The molecule has 2 N–H and O–H groups in total. The van der Waals surface area contributed by atoms with E-state index in [-0.39, 0.29) is 11.9 Å². The maximum atomic E-state index is 13.5. The molecule has 1 aliphatic rings. The smallest absolute Gasteiger partial charge is 0.344 e. The molecule has 7 heteroatoms. The maximum Gasteiger partial charge on any atom is 0.344 e. The zero-order valence-electron chi connectivity index (χ0n) is 26.2. The number of fused-ring (bicyclic) bond motifs is 1. The van der Waals surface area contributed by atoms with Crippen molar-refractivity contribution in [1.29, 1.82) is 0 Å². The van der Waals surface area contributed by atoms with Gasteiger partial charge in [-0.3, -0.25) is 4.79 Å². The molecule has 3 aromatic carbocycles. The lowest BCUT2D eigenvalue weighted by Gasteiger charge is -2.27. The van der Waals surface area contributed by atoms with Crippen LogP contribution < -0.4 is 10.1 Å². The van der Waals surface area contributed by atoms with E-state index in [4.69, 9.17) is 16.3 Å². The summed E-state index contributed by atoms with van der Waals surface area (Å²) in [5.74, 6) is -0.130. The highest BCUT2D eigenvalue weighted by atomic mass is 35.5. The molecule has 0 unspecified atom stereocenters. The van der Waals surface area contributed by atoms with Crippen LogP contribution >= 0.6 is 11.6 Å². The number of unbranched alkanes of at least 4 members (excludes halogenated alkanes) is 1. The maximum absolute atomic E-state index is 13.5. The van der Waals surface area contributed by atoms with Crippen molar-refractivity contribution in [3.63, 3.8) is 0 Å². The Labute approximate surface area is 265 Å². The molecular weight excluding hydrogens is 572 g/mol. The third-order valence-electron chi connectivity index (χ3n) is 9.06. The summed E-state index contributed by atoms with van der Waals surface area (Å²) in [4.78, 5) is 24.8. The molecule has 4 aromatic rings. The number of halogens is 1. The van der Waals surface area contributed by atoms with Crippen LogP contribution in [0.15, 0.2) is 60.7 Å². The average molecular weight is 615 g/mol. The second kappa shape index (κ2) is 13.9. The van der Waals surface area contributed by atoms with Crippen molar-refractivity contribution >= 4 is 34.4 Å². The molecule has 44 heavy (non-hydrogen) atoms. The molecule has 0 spiro atoms.